The predicted molar refractivity (Wildman–Crippen MR) is 28.3 cm³/mol. The lowest BCUT2D eigenvalue weighted by atomic mass is 10.7. The van der Waals surface area contributed by atoms with Gasteiger partial charge >= 0.3 is 6.03 Å². The van der Waals surface area contributed by atoms with E-state index in [1.165, 1.54) is 5.48 Å². The number of hydrogen-bond donors (Lipinski definition) is 4. The number of nitrogens with one attached hydrogen (secondary N) is 1. The Kier molecular flexibility index (Phi) is 3.69. The number of hydroxylamine groups is 1. The second-order valence-corrected chi connectivity index (χ2v) is 1.33. The Morgan fingerprint density at radius 2 is 2.33 bits per heavy atom. The van der Waals surface area contributed by atoms with E-state index >= 15 is 0 Å². The molecule has 0 heterocycles. The first-order valence-corrected chi connectivity index (χ1v) is 2.29. The summed E-state index contributed by atoms with van der Waals surface area (Å²) in [5, 5.41) is 16.8. The Morgan fingerprint density at radius 1 is 1.78 bits per heavy atom. The van der Waals surface area contributed by atoms with Crippen molar-refractivity contribution in [2.45, 2.75) is 0 Å². The molecule has 0 unspecified atom stereocenters. The van der Waals surface area contributed by atoms with Crippen LogP contribution in [0.15, 0.2) is 0 Å². The highest BCUT2D eigenvalue weighted by Crippen LogP contribution is 1.75. The molecule has 0 fully saturated rings. The molecule has 0 aromatic rings. The standard InChI is InChI=1S/C3H9N3O3/c4-6(1-2-7)3(8)5-9/h7,9H,1-2,4H2,(H,5,8). The third kappa shape index (κ3) is 2.85. The van der Waals surface area contributed by atoms with Gasteiger partial charge in [-0.3, -0.25) is 10.2 Å². The summed E-state index contributed by atoms with van der Waals surface area (Å²) >= 11 is 0. The normalized spacial score (nSPS) is 8.78. The second-order valence-electron chi connectivity index (χ2n) is 1.33. The molecule has 0 aliphatic carbocycles. The molecule has 0 spiro atoms. The van der Waals surface area contributed by atoms with Crippen molar-refractivity contribution in [2.75, 3.05) is 13.2 Å². The number of rotatable bonds is 2. The van der Waals surface area contributed by atoms with Crippen molar-refractivity contribution in [1.82, 2.24) is 10.5 Å². The van der Waals surface area contributed by atoms with Gasteiger partial charge in [-0.05, 0) is 0 Å². The van der Waals surface area contributed by atoms with Crippen molar-refractivity contribution >= 4 is 6.03 Å². The summed E-state index contributed by atoms with van der Waals surface area (Å²) in [5.74, 6) is 4.94. The number of aliphatic hydroxyl groups excluding tert-OH is 1. The van der Waals surface area contributed by atoms with Crippen LogP contribution in [0.3, 0.4) is 0 Å². The first kappa shape index (κ1) is 8.15. The Morgan fingerprint density at radius 3 is 2.67 bits per heavy atom. The lowest BCUT2D eigenvalue weighted by Crippen LogP contribution is -2.44. The first-order valence-electron chi connectivity index (χ1n) is 2.29. The number of carbonyl (C=O) groups is 1. The first-order chi connectivity index (χ1) is 4.22. The van der Waals surface area contributed by atoms with Crippen LogP contribution in [0.25, 0.3) is 0 Å². The molecule has 5 N–H and O–H groups in total. The van der Waals surface area contributed by atoms with Crippen molar-refractivity contribution < 1.29 is 15.1 Å². The van der Waals surface area contributed by atoms with Crippen LogP contribution in [0, 0.1) is 0 Å². The molecule has 0 aliphatic rings. The molecular weight excluding hydrogens is 126 g/mol. The number of nitrogens with two attached hydrogens (primary N) is 1. The minimum absolute atomic E-state index is 0.00755. The molecule has 0 aliphatic heterocycles. The summed E-state index contributed by atoms with van der Waals surface area (Å²) < 4.78 is 0. The fourth-order valence-electron chi connectivity index (χ4n) is 0.274. The number of hydrogen-bond acceptors (Lipinski definition) is 4. The number of hydrazine groups is 1. The topological polar surface area (TPSA) is 98.8 Å². The van der Waals surface area contributed by atoms with Gasteiger partial charge in [-0.15, -0.1) is 0 Å². The maximum Gasteiger partial charge on any atom is 0.355 e. The van der Waals surface area contributed by atoms with Crippen LogP contribution < -0.4 is 11.3 Å². The molecule has 0 rings (SSSR count). The third-order valence-corrected chi connectivity index (χ3v) is 0.697. The van der Waals surface area contributed by atoms with E-state index in [0.29, 0.717) is 5.01 Å². The van der Waals surface area contributed by atoms with Crippen LogP contribution in [-0.2, 0) is 0 Å². The molecule has 0 aromatic carbocycles. The van der Waals surface area contributed by atoms with E-state index in [4.69, 9.17) is 16.2 Å². The van der Waals surface area contributed by atoms with Gasteiger partial charge in [0, 0.05) is 0 Å². The lowest BCUT2D eigenvalue weighted by molar-refractivity contribution is 0.121. The number of urea groups is 1. The Balaban J connectivity index is 3.45. The van der Waals surface area contributed by atoms with Crippen LogP contribution in [-0.4, -0.2) is 34.5 Å². The Hall–Kier alpha value is -0.850. The largest absolute Gasteiger partial charge is 0.394 e. The highest BCUT2D eigenvalue weighted by molar-refractivity contribution is 5.71. The van der Waals surface area contributed by atoms with Gasteiger partial charge < -0.3 is 5.11 Å². The molecule has 0 saturated carbocycles. The molecule has 0 aromatic heterocycles. The Labute approximate surface area is 51.8 Å². The number of amides is 2. The highest BCUT2D eigenvalue weighted by Gasteiger charge is 2.04. The molecular formula is C3H9N3O3. The molecule has 0 saturated heterocycles. The molecule has 0 radical (unpaired) electrons. The van der Waals surface area contributed by atoms with E-state index in [0.717, 1.165) is 0 Å². The minimum Gasteiger partial charge on any atom is -0.394 e. The van der Waals surface area contributed by atoms with Crippen molar-refractivity contribution in [1.29, 1.82) is 0 Å². The second kappa shape index (κ2) is 4.07. The average Bonchev–Trinajstić information content (AvgIpc) is 1.87. The van der Waals surface area contributed by atoms with E-state index in [9.17, 15) is 4.79 Å². The van der Waals surface area contributed by atoms with Gasteiger partial charge in [-0.2, -0.15) is 0 Å². The van der Waals surface area contributed by atoms with Gasteiger partial charge in [0.1, 0.15) is 0 Å². The van der Waals surface area contributed by atoms with Gasteiger partial charge in [0.2, 0.25) is 0 Å². The predicted octanol–water partition coefficient (Wildman–Crippen LogP) is -1.75. The van der Waals surface area contributed by atoms with Gasteiger partial charge in [-0.25, -0.2) is 16.1 Å². The molecule has 0 atom stereocenters. The van der Waals surface area contributed by atoms with Crippen molar-refractivity contribution in [3.63, 3.8) is 0 Å². The van der Waals surface area contributed by atoms with Gasteiger partial charge in [-0.1, -0.05) is 0 Å². The average molecular weight is 135 g/mol. The van der Waals surface area contributed by atoms with Gasteiger partial charge in [0.05, 0.1) is 13.2 Å². The third-order valence-electron chi connectivity index (χ3n) is 0.697. The fraction of sp³-hybridized carbons (Fsp3) is 0.667. The molecule has 9 heavy (non-hydrogen) atoms. The van der Waals surface area contributed by atoms with Crippen molar-refractivity contribution in [3.05, 3.63) is 0 Å². The molecule has 0 bridgehead atoms. The number of carbonyl (C=O) groups excluding carboxylic acids is 1. The van der Waals surface area contributed by atoms with Crippen molar-refractivity contribution in [2.24, 2.45) is 5.84 Å². The van der Waals surface area contributed by atoms with Crippen LogP contribution in [0.1, 0.15) is 0 Å². The van der Waals surface area contributed by atoms with Crippen LogP contribution in [0.5, 0.6) is 0 Å². The van der Waals surface area contributed by atoms with E-state index < -0.39 is 6.03 Å². The fourth-order valence-corrected chi connectivity index (χ4v) is 0.274. The molecule has 2 amide bonds. The zero-order chi connectivity index (χ0) is 7.28. The summed E-state index contributed by atoms with van der Waals surface area (Å²) in [4.78, 5) is 10.2. The zero-order valence-electron chi connectivity index (χ0n) is 4.74. The Bertz CT molecular complexity index is 96.3. The summed E-state index contributed by atoms with van der Waals surface area (Å²) in [6.07, 6.45) is 0. The number of nitrogens with zero attached hydrogens (tertiary/aromatic N) is 1. The summed E-state index contributed by atoms with van der Waals surface area (Å²) in [6, 6.07) is -0.843. The maximum absolute atomic E-state index is 10.2. The maximum atomic E-state index is 10.2. The highest BCUT2D eigenvalue weighted by atomic mass is 16.5. The molecule has 6 nitrogen and oxygen atoms in total. The SMILES string of the molecule is NN(CCO)C(=O)NO. The zero-order valence-corrected chi connectivity index (χ0v) is 4.74. The molecule has 54 valence electrons. The van der Waals surface area contributed by atoms with E-state index in [1.807, 2.05) is 0 Å². The van der Waals surface area contributed by atoms with Crippen LogP contribution in [0.4, 0.5) is 4.79 Å². The smallest absolute Gasteiger partial charge is 0.355 e. The summed E-state index contributed by atoms with van der Waals surface area (Å²) in [6.45, 7) is -0.240. The van der Waals surface area contributed by atoms with Crippen LogP contribution >= 0.6 is 0 Å². The number of aliphatic hydroxyl groups is 1. The minimum atomic E-state index is -0.843. The van der Waals surface area contributed by atoms with E-state index in [-0.39, 0.29) is 13.2 Å². The monoisotopic (exact) mass is 135 g/mol. The molecule has 6 heteroatoms. The van der Waals surface area contributed by atoms with Gasteiger partial charge in [0.25, 0.3) is 0 Å². The summed E-state index contributed by atoms with van der Waals surface area (Å²) in [7, 11) is 0. The van der Waals surface area contributed by atoms with Gasteiger partial charge in [0.15, 0.2) is 0 Å². The van der Waals surface area contributed by atoms with Crippen LogP contribution in [0.2, 0.25) is 0 Å². The van der Waals surface area contributed by atoms with E-state index in [2.05, 4.69) is 0 Å². The quantitative estimate of drug-likeness (QED) is 0.156. The summed E-state index contributed by atoms with van der Waals surface area (Å²) in [5.41, 5.74) is 1.30. The van der Waals surface area contributed by atoms with Crippen molar-refractivity contribution in [3.8, 4) is 0 Å². The van der Waals surface area contributed by atoms with E-state index in [1.54, 1.807) is 0 Å². The lowest BCUT2D eigenvalue weighted by Gasteiger charge is -2.12.